The maximum absolute atomic E-state index is 9.45. The van der Waals surface area contributed by atoms with Crippen molar-refractivity contribution in [2.75, 3.05) is 5.88 Å². The van der Waals surface area contributed by atoms with Crippen LogP contribution in [0.3, 0.4) is 0 Å². The molecule has 0 aromatic carbocycles. The third-order valence-electron chi connectivity index (χ3n) is 0.155. The quantitative estimate of drug-likeness (QED) is 0.430. The number of nitriles is 2. The molecule has 0 unspecified atom stereocenters. The first-order chi connectivity index (χ1) is 4.18. The molecule has 0 N–H and O–H groups in total. The van der Waals surface area contributed by atoms with Crippen LogP contribution >= 0.6 is 23.2 Å². The van der Waals surface area contributed by atoms with E-state index in [2.05, 4.69) is 0 Å². The molecule has 3 nitrogen and oxygen atoms in total. The normalized spacial score (nSPS) is 5.33. The molecule has 0 heterocycles. The van der Waals surface area contributed by atoms with Crippen molar-refractivity contribution in [1.82, 2.24) is 0 Å². The van der Waals surface area contributed by atoms with Gasteiger partial charge in [-0.3, -0.25) is 4.79 Å². The van der Waals surface area contributed by atoms with Crippen molar-refractivity contribution in [2.24, 2.45) is 0 Å². The number of hydrogen-bond acceptors (Lipinski definition) is 3. The van der Waals surface area contributed by atoms with Gasteiger partial charge in [0.15, 0.2) is 12.1 Å². The Hall–Kier alpha value is -0.770. The van der Waals surface area contributed by atoms with Crippen LogP contribution in [0.4, 0.5) is 0 Å². The highest BCUT2D eigenvalue weighted by molar-refractivity contribution is 6.67. The minimum Gasteiger partial charge on any atom is -0.280 e. The fourth-order valence-corrected chi connectivity index (χ4v) is 0. The standard InChI is InChI=1S/C2H2Cl2O.C2N2/c3-1-2(4)5;3-1-2-4/h1H2;. The van der Waals surface area contributed by atoms with Gasteiger partial charge in [-0.15, -0.1) is 11.6 Å². The van der Waals surface area contributed by atoms with Gasteiger partial charge in [-0.25, -0.2) is 0 Å². The fourth-order valence-electron chi connectivity index (χ4n) is 0. The maximum atomic E-state index is 9.45. The van der Waals surface area contributed by atoms with Crippen molar-refractivity contribution in [3.8, 4) is 12.1 Å². The molecule has 0 aliphatic heterocycles. The molecule has 48 valence electrons. The third kappa shape index (κ3) is 39.8. The molecule has 0 aromatic heterocycles. The van der Waals surface area contributed by atoms with Crippen LogP contribution in [0.5, 0.6) is 0 Å². The second-order valence-corrected chi connectivity index (χ2v) is 1.40. The van der Waals surface area contributed by atoms with E-state index in [1.165, 1.54) is 12.1 Å². The summed E-state index contributed by atoms with van der Waals surface area (Å²) in [6.45, 7) is 0. The van der Waals surface area contributed by atoms with Gasteiger partial charge in [0.1, 0.15) is 0 Å². The van der Waals surface area contributed by atoms with E-state index >= 15 is 0 Å². The average molecular weight is 165 g/mol. The largest absolute Gasteiger partial charge is 0.280 e. The fraction of sp³-hybridized carbons (Fsp3) is 0.250. The summed E-state index contributed by atoms with van der Waals surface area (Å²) in [5.41, 5.74) is 0. The monoisotopic (exact) mass is 164 g/mol. The van der Waals surface area contributed by atoms with E-state index in [0.717, 1.165) is 0 Å². The molecule has 0 fully saturated rings. The predicted octanol–water partition coefficient (Wildman–Crippen LogP) is 1.02. The van der Waals surface area contributed by atoms with Crippen LogP contribution in [0.1, 0.15) is 0 Å². The molecule has 5 heteroatoms. The number of nitrogens with zero attached hydrogens (tertiary/aromatic N) is 2. The summed E-state index contributed by atoms with van der Waals surface area (Å²) in [6, 6.07) is 2.47. The van der Waals surface area contributed by atoms with E-state index in [0.29, 0.717) is 0 Å². The Labute approximate surface area is 62.4 Å². The summed E-state index contributed by atoms with van der Waals surface area (Å²) >= 11 is 9.55. The summed E-state index contributed by atoms with van der Waals surface area (Å²) in [7, 11) is 0. The molecule has 0 spiro atoms. The summed E-state index contributed by atoms with van der Waals surface area (Å²) in [4.78, 5) is 9.45. The van der Waals surface area contributed by atoms with Crippen molar-refractivity contribution < 1.29 is 4.79 Å². The second-order valence-electron chi connectivity index (χ2n) is 0.712. The smallest absolute Gasteiger partial charge is 0.236 e. The Balaban J connectivity index is 0. The molecular weight excluding hydrogens is 163 g/mol. The Morgan fingerprint density at radius 3 is 1.67 bits per heavy atom. The SMILES string of the molecule is N#CC#N.O=C(Cl)CCl. The first-order valence-corrected chi connectivity index (χ1v) is 2.62. The van der Waals surface area contributed by atoms with Crippen LogP contribution in [0, 0.1) is 22.7 Å². The molecule has 0 atom stereocenters. The van der Waals surface area contributed by atoms with Gasteiger partial charge in [-0.1, -0.05) is 0 Å². The lowest BCUT2D eigenvalue weighted by molar-refractivity contribution is -0.109. The van der Waals surface area contributed by atoms with Gasteiger partial charge in [-0.05, 0) is 11.6 Å². The Bertz CT molecular complexity index is 143. The van der Waals surface area contributed by atoms with Gasteiger partial charge >= 0.3 is 0 Å². The number of halogens is 2. The molecule has 0 saturated heterocycles. The van der Waals surface area contributed by atoms with Gasteiger partial charge in [0.05, 0.1) is 5.88 Å². The van der Waals surface area contributed by atoms with E-state index in [1.54, 1.807) is 0 Å². The molecule has 9 heavy (non-hydrogen) atoms. The summed E-state index contributed by atoms with van der Waals surface area (Å²) in [5.74, 6) is -0.0957. The Morgan fingerprint density at radius 1 is 1.44 bits per heavy atom. The predicted molar refractivity (Wildman–Crippen MR) is 32.8 cm³/mol. The average Bonchev–Trinajstić information content (AvgIpc) is 1.89. The van der Waals surface area contributed by atoms with E-state index in [-0.39, 0.29) is 5.88 Å². The second kappa shape index (κ2) is 10.3. The molecule has 0 amide bonds. The van der Waals surface area contributed by atoms with Crippen LogP contribution in [-0.2, 0) is 4.79 Å². The van der Waals surface area contributed by atoms with Crippen LogP contribution in [-0.4, -0.2) is 11.1 Å². The zero-order valence-electron chi connectivity index (χ0n) is 4.27. The molecule has 0 aliphatic carbocycles. The van der Waals surface area contributed by atoms with Crippen molar-refractivity contribution in [1.29, 1.82) is 10.5 Å². The number of carbonyl (C=O) groups is 1. The molecule has 0 rings (SSSR count). The number of carbonyl (C=O) groups excluding carboxylic acids is 1. The summed E-state index contributed by atoms with van der Waals surface area (Å²) in [6.07, 6.45) is 0. The minimum atomic E-state index is -0.508. The van der Waals surface area contributed by atoms with E-state index in [4.69, 9.17) is 33.7 Å². The minimum absolute atomic E-state index is 0.0957. The highest BCUT2D eigenvalue weighted by Crippen LogP contribution is 1.80. The van der Waals surface area contributed by atoms with Crippen molar-refractivity contribution in [3.63, 3.8) is 0 Å². The van der Waals surface area contributed by atoms with E-state index in [1.807, 2.05) is 0 Å². The van der Waals surface area contributed by atoms with E-state index in [9.17, 15) is 4.79 Å². The summed E-state index contributed by atoms with van der Waals surface area (Å²) < 4.78 is 0. The van der Waals surface area contributed by atoms with Crippen LogP contribution in [0.2, 0.25) is 0 Å². The van der Waals surface area contributed by atoms with Crippen LogP contribution in [0.15, 0.2) is 0 Å². The lowest BCUT2D eigenvalue weighted by Gasteiger charge is -1.65. The van der Waals surface area contributed by atoms with Gasteiger partial charge < -0.3 is 0 Å². The van der Waals surface area contributed by atoms with Gasteiger partial charge in [0.25, 0.3) is 0 Å². The molecule has 0 aliphatic rings. The lowest BCUT2D eigenvalue weighted by atomic mass is 10.9. The summed E-state index contributed by atoms with van der Waals surface area (Å²) in [5, 5.41) is 14.0. The Morgan fingerprint density at radius 2 is 1.67 bits per heavy atom. The van der Waals surface area contributed by atoms with E-state index < -0.39 is 5.24 Å². The third-order valence-corrected chi connectivity index (χ3v) is 0.668. The van der Waals surface area contributed by atoms with Crippen molar-refractivity contribution in [3.05, 3.63) is 0 Å². The molecule has 0 radical (unpaired) electrons. The van der Waals surface area contributed by atoms with Crippen LogP contribution in [0.25, 0.3) is 0 Å². The first-order valence-electron chi connectivity index (χ1n) is 1.71. The van der Waals surface area contributed by atoms with Crippen molar-refractivity contribution in [2.45, 2.75) is 0 Å². The van der Waals surface area contributed by atoms with Crippen molar-refractivity contribution >= 4 is 28.4 Å². The topological polar surface area (TPSA) is 64.7 Å². The molecular formula is C4H2Cl2N2O. The first kappa shape index (κ1) is 11.1. The zero-order chi connectivity index (χ0) is 7.70. The number of alkyl halides is 1. The van der Waals surface area contributed by atoms with Gasteiger partial charge in [0.2, 0.25) is 5.24 Å². The molecule has 0 bridgehead atoms. The number of hydrogen-bond donors (Lipinski definition) is 0. The number of rotatable bonds is 1. The van der Waals surface area contributed by atoms with Gasteiger partial charge in [-0.2, -0.15) is 10.5 Å². The lowest BCUT2D eigenvalue weighted by Crippen LogP contribution is -1.81. The van der Waals surface area contributed by atoms with Crippen LogP contribution < -0.4 is 0 Å². The Kier molecular flexibility index (Phi) is 12.6. The van der Waals surface area contributed by atoms with Gasteiger partial charge in [0, 0.05) is 0 Å². The highest BCUT2D eigenvalue weighted by Gasteiger charge is 1.83. The maximum Gasteiger partial charge on any atom is 0.236 e. The zero-order valence-corrected chi connectivity index (χ0v) is 5.78. The molecule has 0 aromatic rings. The molecule has 0 saturated carbocycles. The highest BCUT2D eigenvalue weighted by atomic mass is 35.5.